The molecule has 0 bridgehead atoms. The van der Waals surface area contributed by atoms with Gasteiger partial charge in [-0.05, 0) is 29.7 Å². The summed E-state index contributed by atoms with van der Waals surface area (Å²) in [7, 11) is 3.13. The summed E-state index contributed by atoms with van der Waals surface area (Å²) in [5.74, 6) is 0.0821. The average Bonchev–Trinajstić information content (AvgIpc) is 2.66. The van der Waals surface area contributed by atoms with Crippen LogP contribution in [0.2, 0.25) is 0 Å². The molecule has 0 aliphatic rings. The Bertz CT molecular complexity index is 745. The topological polar surface area (TPSA) is 84.9 Å². The second-order valence-electron chi connectivity index (χ2n) is 5.82. The van der Waals surface area contributed by atoms with E-state index in [2.05, 4.69) is 5.32 Å². The first-order valence-corrected chi connectivity index (χ1v) is 8.30. The van der Waals surface area contributed by atoms with Crippen LogP contribution >= 0.6 is 0 Å². The van der Waals surface area contributed by atoms with E-state index in [4.69, 9.17) is 14.6 Å². The Morgan fingerprint density at radius 1 is 1.04 bits per heavy atom. The molecule has 0 saturated heterocycles. The maximum Gasteiger partial charge on any atom is 0.305 e. The molecule has 1 atom stereocenters. The van der Waals surface area contributed by atoms with Crippen molar-refractivity contribution >= 4 is 11.9 Å². The van der Waals surface area contributed by atoms with Gasteiger partial charge in [0.1, 0.15) is 0 Å². The van der Waals surface area contributed by atoms with E-state index < -0.39 is 12.0 Å². The largest absolute Gasteiger partial charge is 0.493 e. The van der Waals surface area contributed by atoms with Crippen molar-refractivity contribution in [3.63, 3.8) is 0 Å². The highest BCUT2D eigenvalue weighted by Crippen LogP contribution is 2.28. The third kappa shape index (κ3) is 5.51. The zero-order valence-corrected chi connectivity index (χ0v) is 14.9. The van der Waals surface area contributed by atoms with Crippen LogP contribution in [0.15, 0.2) is 48.5 Å². The Morgan fingerprint density at radius 2 is 1.73 bits per heavy atom. The van der Waals surface area contributed by atoms with Crippen LogP contribution in [-0.2, 0) is 16.0 Å². The number of carboxylic acids is 1. The Labute approximate surface area is 152 Å². The molecule has 2 aromatic rings. The summed E-state index contributed by atoms with van der Waals surface area (Å²) >= 11 is 0. The van der Waals surface area contributed by atoms with Gasteiger partial charge >= 0.3 is 5.97 Å². The molecule has 6 nitrogen and oxygen atoms in total. The molecule has 0 aromatic heterocycles. The smallest absolute Gasteiger partial charge is 0.305 e. The average molecular weight is 357 g/mol. The molecule has 2 N–H and O–H groups in total. The van der Waals surface area contributed by atoms with E-state index in [1.807, 2.05) is 42.5 Å². The fourth-order valence-electron chi connectivity index (χ4n) is 2.67. The van der Waals surface area contributed by atoms with Crippen molar-refractivity contribution < 1.29 is 24.2 Å². The highest BCUT2D eigenvalue weighted by atomic mass is 16.5. The number of nitrogens with one attached hydrogen (secondary N) is 1. The van der Waals surface area contributed by atoms with E-state index in [1.165, 1.54) is 0 Å². The van der Waals surface area contributed by atoms with Gasteiger partial charge in [0.25, 0.3) is 0 Å². The number of methoxy groups -OCH3 is 2. The van der Waals surface area contributed by atoms with Crippen molar-refractivity contribution in [2.24, 2.45) is 0 Å². The fraction of sp³-hybridized carbons (Fsp3) is 0.300. The number of carbonyl (C=O) groups excluding carboxylic acids is 1. The molecule has 138 valence electrons. The predicted octanol–water partition coefficient (Wildman–Crippen LogP) is 2.97. The molecule has 0 aliphatic heterocycles. The van der Waals surface area contributed by atoms with Crippen LogP contribution < -0.4 is 14.8 Å². The molecule has 1 amide bonds. The molecule has 0 unspecified atom stereocenters. The van der Waals surface area contributed by atoms with E-state index in [-0.39, 0.29) is 18.7 Å². The second kappa shape index (κ2) is 9.46. The van der Waals surface area contributed by atoms with Gasteiger partial charge in [-0.3, -0.25) is 9.59 Å². The lowest BCUT2D eigenvalue weighted by Crippen LogP contribution is -2.30. The van der Waals surface area contributed by atoms with Crippen LogP contribution in [0.1, 0.15) is 30.0 Å². The van der Waals surface area contributed by atoms with Gasteiger partial charge in [0.2, 0.25) is 5.91 Å². The first-order valence-electron chi connectivity index (χ1n) is 8.30. The summed E-state index contributed by atoms with van der Waals surface area (Å²) in [4.78, 5) is 23.4. The zero-order chi connectivity index (χ0) is 18.9. The van der Waals surface area contributed by atoms with Gasteiger partial charge < -0.3 is 19.9 Å². The second-order valence-corrected chi connectivity index (χ2v) is 5.82. The van der Waals surface area contributed by atoms with Crippen molar-refractivity contribution in [2.75, 3.05) is 14.2 Å². The maximum absolute atomic E-state index is 12.3. The number of aryl methyl sites for hydroxylation is 1. The van der Waals surface area contributed by atoms with Crippen LogP contribution in [0.25, 0.3) is 0 Å². The molecule has 0 heterocycles. The number of hydrogen-bond donors (Lipinski definition) is 2. The molecule has 2 aromatic carbocycles. The van der Waals surface area contributed by atoms with Crippen LogP contribution in [0, 0.1) is 0 Å². The molecular formula is C20H23NO5. The number of benzene rings is 2. The lowest BCUT2D eigenvalue weighted by molar-refractivity contribution is -0.137. The Morgan fingerprint density at radius 3 is 2.35 bits per heavy atom. The third-order valence-electron chi connectivity index (χ3n) is 4.00. The van der Waals surface area contributed by atoms with Crippen molar-refractivity contribution in [3.8, 4) is 11.5 Å². The summed E-state index contributed by atoms with van der Waals surface area (Å²) in [6, 6.07) is 14.1. The van der Waals surface area contributed by atoms with E-state index >= 15 is 0 Å². The summed E-state index contributed by atoms with van der Waals surface area (Å²) in [5.41, 5.74) is 1.71. The maximum atomic E-state index is 12.3. The van der Waals surface area contributed by atoms with E-state index in [0.29, 0.717) is 17.9 Å². The molecule has 0 aliphatic carbocycles. The number of aliphatic carboxylic acids is 1. The molecule has 26 heavy (non-hydrogen) atoms. The molecule has 0 spiro atoms. The lowest BCUT2D eigenvalue weighted by Gasteiger charge is -2.17. The van der Waals surface area contributed by atoms with Gasteiger partial charge in [-0.2, -0.15) is 0 Å². The Balaban J connectivity index is 1.99. The van der Waals surface area contributed by atoms with Gasteiger partial charge in [-0.15, -0.1) is 0 Å². The van der Waals surface area contributed by atoms with Crippen LogP contribution in [0.4, 0.5) is 0 Å². The third-order valence-corrected chi connectivity index (χ3v) is 4.00. The molecular weight excluding hydrogens is 334 g/mol. The summed E-state index contributed by atoms with van der Waals surface area (Å²) in [6.45, 7) is 0. The molecule has 0 radical (unpaired) electrons. The number of amides is 1. The van der Waals surface area contributed by atoms with Crippen LogP contribution in [0.5, 0.6) is 11.5 Å². The standard InChI is InChI=1S/C20H23NO5/c1-25-17-10-8-14(12-18(17)26-2)9-11-19(22)21-16(13-20(23)24)15-6-4-3-5-7-15/h3-8,10,12,16H,9,11,13H2,1-2H3,(H,21,22)(H,23,24)/t16-/m0/s1. The number of carboxylic acid groups (broad SMARTS) is 1. The highest BCUT2D eigenvalue weighted by molar-refractivity contribution is 5.78. The summed E-state index contributed by atoms with van der Waals surface area (Å²) < 4.78 is 10.5. The minimum Gasteiger partial charge on any atom is -0.493 e. The quantitative estimate of drug-likeness (QED) is 0.721. The van der Waals surface area contributed by atoms with Crippen molar-refractivity contribution in [3.05, 3.63) is 59.7 Å². The first-order chi connectivity index (χ1) is 12.5. The minimum atomic E-state index is -0.959. The van der Waals surface area contributed by atoms with Gasteiger partial charge in [0.15, 0.2) is 11.5 Å². The Kier molecular flexibility index (Phi) is 7.02. The van der Waals surface area contributed by atoms with Crippen molar-refractivity contribution in [1.82, 2.24) is 5.32 Å². The fourth-order valence-corrected chi connectivity index (χ4v) is 2.67. The van der Waals surface area contributed by atoms with Crippen molar-refractivity contribution in [1.29, 1.82) is 0 Å². The summed E-state index contributed by atoms with van der Waals surface area (Å²) in [6.07, 6.45) is 0.602. The van der Waals surface area contributed by atoms with E-state index in [1.54, 1.807) is 20.3 Å². The Hall–Kier alpha value is -3.02. The van der Waals surface area contributed by atoms with Gasteiger partial charge in [-0.1, -0.05) is 36.4 Å². The highest BCUT2D eigenvalue weighted by Gasteiger charge is 2.18. The van der Waals surface area contributed by atoms with Crippen molar-refractivity contribution in [2.45, 2.75) is 25.3 Å². The van der Waals surface area contributed by atoms with Crippen LogP contribution in [0.3, 0.4) is 0 Å². The monoisotopic (exact) mass is 357 g/mol. The minimum absolute atomic E-state index is 0.161. The normalized spacial score (nSPS) is 11.5. The van der Waals surface area contributed by atoms with E-state index in [0.717, 1.165) is 11.1 Å². The number of carbonyl (C=O) groups is 2. The molecule has 0 fully saturated rings. The summed E-state index contributed by atoms with van der Waals surface area (Å²) in [5, 5.41) is 11.9. The zero-order valence-electron chi connectivity index (χ0n) is 14.9. The van der Waals surface area contributed by atoms with Gasteiger partial charge in [-0.25, -0.2) is 0 Å². The molecule has 0 saturated carbocycles. The molecule has 6 heteroatoms. The number of ether oxygens (including phenoxy) is 2. The van der Waals surface area contributed by atoms with Gasteiger partial charge in [0.05, 0.1) is 26.7 Å². The molecule has 2 rings (SSSR count). The lowest BCUT2D eigenvalue weighted by atomic mass is 10.0. The number of hydrogen-bond acceptors (Lipinski definition) is 4. The van der Waals surface area contributed by atoms with E-state index in [9.17, 15) is 9.59 Å². The number of rotatable bonds is 9. The SMILES string of the molecule is COc1ccc(CCC(=O)N[C@@H](CC(=O)O)c2ccccc2)cc1OC. The van der Waals surface area contributed by atoms with Gasteiger partial charge in [0, 0.05) is 6.42 Å². The first kappa shape index (κ1) is 19.3. The van der Waals surface area contributed by atoms with Crippen LogP contribution in [-0.4, -0.2) is 31.2 Å². The predicted molar refractivity (Wildman–Crippen MR) is 97.4 cm³/mol.